The van der Waals surface area contributed by atoms with Crippen LogP contribution in [0, 0.1) is 0 Å². The fourth-order valence-electron chi connectivity index (χ4n) is 1.63. The first-order valence-corrected chi connectivity index (χ1v) is 3.70. The van der Waals surface area contributed by atoms with E-state index in [-0.39, 0.29) is 11.9 Å². The number of nitrogens with one attached hydrogen (secondary N) is 1. The van der Waals surface area contributed by atoms with Crippen molar-refractivity contribution < 1.29 is 4.79 Å². The van der Waals surface area contributed by atoms with Crippen LogP contribution in [0.1, 0.15) is 6.42 Å². The topological polar surface area (TPSA) is 55.1 Å². The number of allylic oxidation sites excluding steroid dienone is 1. The van der Waals surface area contributed by atoms with Crippen molar-refractivity contribution in [2.75, 3.05) is 6.54 Å². The number of carbonyl (C=O) groups excluding carboxylic acids is 1. The summed E-state index contributed by atoms with van der Waals surface area (Å²) in [5, 5.41) is 3.06. The van der Waals surface area contributed by atoms with Crippen LogP contribution < -0.4 is 11.1 Å². The molecule has 0 aromatic carbocycles. The summed E-state index contributed by atoms with van der Waals surface area (Å²) in [7, 11) is 0. The van der Waals surface area contributed by atoms with E-state index in [1.54, 1.807) is 0 Å². The van der Waals surface area contributed by atoms with Gasteiger partial charge in [-0.05, 0) is 17.6 Å². The molecule has 0 bridgehead atoms. The zero-order valence-electron chi connectivity index (χ0n) is 6.13. The summed E-state index contributed by atoms with van der Waals surface area (Å²) in [4.78, 5) is 10.8. The lowest BCUT2D eigenvalue weighted by Crippen LogP contribution is -2.38. The molecule has 0 radical (unpaired) electrons. The van der Waals surface area contributed by atoms with Crippen LogP contribution >= 0.6 is 0 Å². The van der Waals surface area contributed by atoms with E-state index in [0.717, 1.165) is 18.5 Å². The monoisotopic (exact) mass is 150 g/mol. The van der Waals surface area contributed by atoms with E-state index >= 15 is 0 Å². The lowest BCUT2D eigenvalue weighted by Gasteiger charge is -2.06. The van der Waals surface area contributed by atoms with Crippen molar-refractivity contribution in [2.45, 2.75) is 12.5 Å². The van der Waals surface area contributed by atoms with Gasteiger partial charge in [-0.25, -0.2) is 0 Å². The van der Waals surface area contributed by atoms with E-state index in [0.29, 0.717) is 0 Å². The zero-order valence-corrected chi connectivity index (χ0v) is 6.13. The molecule has 3 heteroatoms. The molecule has 2 rings (SSSR count). The van der Waals surface area contributed by atoms with Gasteiger partial charge in [0.2, 0.25) is 5.91 Å². The third-order valence-electron chi connectivity index (χ3n) is 2.19. The molecule has 1 aliphatic carbocycles. The first kappa shape index (κ1) is 6.61. The second-order valence-electron chi connectivity index (χ2n) is 2.88. The molecular formula is C8H10N2O. The molecule has 1 atom stereocenters. The maximum absolute atomic E-state index is 10.8. The summed E-state index contributed by atoms with van der Waals surface area (Å²) >= 11 is 0. The van der Waals surface area contributed by atoms with Crippen molar-refractivity contribution in [3.63, 3.8) is 0 Å². The van der Waals surface area contributed by atoms with Crippen LogP contribution in [0.25, 0.3) is 0 Å². The highest BCUT2D eigenvalue weighted by Crippen LogP contribution is 2.25. The first-order chi connectivity index (χ1) is 5.29. The minimum atomic E-state index is -0.276. The Morgan fingerprint density at radius 1 is 1.73 bits per heavy atom. The minimum absolute atomic E-state index is 0.233. The van der Waals surface area contributed by atoms with Gasteiger partial charge >= 0.3 is 0 Å². The van der Waals surface area contributed by atoms with Gasteiger partial charge in [0.1, 0.15) is 6.04 Å². The summed E-state index contributed by atoms with van der Waals surface area (Å²) in [6.45, 7) is 0.815. The minimum Gasteiger partial charge on any atom is -0.368 e. The van der Waals surface area contributed by atoms with Crippen molar-refractivity contribution in [1.29, 1.82) is 0 Å². The Hall–Kier alpha value is -1.09. The van der Waals surface area contributed by atoms with Gasteiger partial charge in [0.05, 0.1) is 0 Å². The third kappa shape index (κ3) is 0.886. The van der Waals surface area contributed by atoms with Crippen LogP contribution in [0.2, 0.25) is 0 Å². The lowest BCUT2D eigenvalue weighted by atomic mass is 10.1. The number of primary amides is 1. The fourth-order valence-corrected chi connectivity index (χ4v) is 1.63. The number of amides is 1. The number of carbonyl (C=O) groups is 1. The molecule has 1 aliphatic heterocycles. The van der Waals surface area contributed by atoms with Crippen molar-refractivity contribution in [3.05, 3.63) is 23.3 Å². The van der Waals surface area contributed by atoms with Gasteiger partial charge in [0, 0.05) is 6.54 Å². The van der Waals surface area contributed by atoms with Crippen LogP contribution in [0.4, 0.5) is 0 Å². The van der Waals surface area contributed by atoms with Crippen molar-refractivity contribution in [2.24, 2.45) is 5.73 Å². The standard InChI is InChI=1S/C8H10N2O/c9-8(11)7-6-3-1-2-5(6)4-10-7/h1,3,7,10H,2,4H2,(H2,9,11). The second-order valence-corrected chi connectivity index (χ2v) is 2.88. The molecule has 58 valence electrons. The van der Waals surface area contributed by atoms with Crippen LogP contribution in [-0.4, -0.2) is 18.5 Å². The molecule has 3 nitrogen and oxygen atoms in total. The van der Waals surface area contributed by atoms with Crippen LogP contribution in [-0.2, 0) is 4.79 Å². The molecule has 0 aromatic heterocycles. The maximum Gasteiger partial charge on any atom is 0.239 e. The van der Waals surface area contributed by atoms with Crippen LogP contribution in [0.3, 0.4) is 0 Å². The van der Waals surface area contributed by atoms with Gasteiger partial charge in [-0.2, -0.15) is 0 Å². The summed E-state index contributed by atoms with van der Waals surface area (Å²) in [6, 6.07) is -0.233. The highest BCUT2D eigenvalue weighted by atomic mass is 16.1. The average Bonchev–Trinajstić information content (AvgIpc) is 2.41. The molecule has 11 heavy (non-hydrogen) atoms. The SMILES string of the molecule is NC(=O)C1NCC2=C1C=CC2. The fraction of sp³-hybridized carbons (Fsp3) is 0.375. The average molecular weight is 150 g/mol. The Morgan fingerprint density at radius 2 is 2.55 bits per heavy atom. The predicted molar refractivity (Wildman–Crippen MR) is 41.8 cm³/mol. The molecule has 3 N–H and O–H groups in total. The van der Waals surface area contributed by atoms with Crippen LogP contribution in [0.5, 0.6) is 0 Å². The Labute approximate surface area is 65.0 Å². The Kier molecular flexibility index (Phi) is 1.32. The molecule has 0 fully saturated rings. The normalized spacial score (nSPS) is 27.8. The number of nitrogens with two attached hydrogens (primary N) is 1. The Bertz CT molecular complexity index is 265. The maximum atomic E-state index is 10.8. The molecular weight excluding hydrogens is 140 g/mol. The number of hydrogen-bond acceptors (Lipinski definition) is 2. The highest BCUT2D eigenvalue weighted by molar-refractivity contribution is 5.85. The summed E-state index contributed by atoms with van der Waals surface area (Å²) in [5.41, 5.74) is 7.59. The van der Waals surface area contributed by atoms with Gasteiger partial charge in [-0.1, -0.05) is 12.2 Å². The summed E-state index contributed by atoms with van der Waals surface area (Å²) in [6.07, 6.45) is 5.04. The molecule has 1 amide bonds. The Morgan fingerprint density at radius 3 is 3.27 bits per heavy atom. The second kappa shape index (κ2) is 2.20. The van der Waals surface area contributed by atoms with E-state index in [9.17, 15) is 4.79 Å². The molecule has 1 heterocycles. The van der Waals surface area contributed by atoms with Gasteiger partial charge in [0.25, 0.3) is 0 Å². The smallest absolute Gasteiger partial charge is 0.239 e. The van der Waals surface area contributed by atoms with Gasteiger partial charge in [0.15, 0.2) is 0 Å². The van der Waals surface area contributed by atoms with E-state index in [1.807, 2.05) is 6.08 Å². The van der Waals surface area contributed by atoms with Crippen molar-refractivity contribution >= 4 is 5.91 Å². The van der Waals surface area contributed by atoms with Crippen molar-refractivity contribution in [1.82, 2.24) is 5.32 Å². The summed E-state index contributed by atoms with van der Waals surface area (Å²) < 4.78 is 0. The highest BCUT2D eigenvalue weighted by Gasteiger charge is 2.28. The van der Waals surface area contributed by atoms with Crippen LogP contribution in [0.15, 0.2) is 23.3 Å². The number of rotatable bonds is 1. The first-order valence-electron chi connectivity index (χ1n) is 3.70. The lowest BCUT2D eigenvalue weighted by molar-refractivity contribution is -0.118. The number of hydrogen-bond donors (Lipinski definition) is 2. The van der Waals surface area contributed by atoms with Crippen molar-refractivity contribution in [3.8, 4) is 0 Å². The van der Waals surface area contributed by atoms with Gasteiger partial charge < -0.3 is 5.73 Å². The molecule has 1 unspecified atom stereocenters. The van der Waals surface area contributed by atoms with Gasteiger partial charge in [-0.15, -0.1) is 0 Å². The van der Waals surface area contributed by atoms with E-state index in [1.165, 1.54) is 5.57 Å². The molecule has 0 spiro atoms. The quantitative estimate of drug-likeness (QED) is 0.539. The molecule has 0 saturated carbocycles. The summed E-state index contributed by atoms with van der Waals surface area (Å²) in [5.74, 6) is -0.276. The van der Waals surface area contributed by atoms with E-state index in [4.69, 9.17) is 5.73 Å². The van der Waals surface area contributed by atoms with E-state index < -0.39 is 0 Å². The Balaban J connectivity index is 2.28. The molecule has 2 aliphatic rings. The van der Waals surface area contributed by atoms with E-state index in [2.05, 4.69) is 11.4 Å². The molecule has 0 aromatic rings. The largest absolute Gasteiger partial charge is 0.368 e. The molecule has 0 saturated heterocycles. The van der Waals surface area contributed by atoms with Gasteiger partial charge in [-0.3, -0.25) is 10.1 Å². The predicted octanol–water partition coefficient (Wildman–Crippen LogP) is -0.300. The zero-order chi connectivity index (χ0) is 7.84. The third-order valence-corrected chi connectivity index (χ3v) is 2.19.